The fraction of sp³-hybridized carbons (Fsp3) is 0.300. The number of carbonyl (C=O) groups is 1. The quantitative estimate of drug-likeness (QED) is 0.919. The number of hydrogen-bond donors (Lipinski definition) is 1. The van der Waals surface area contributed by atoms with Gasteiger partial charge < -0.3 is 14.3 Å². The molecule has 2 rings (SSSR count). The predicted octanol–water partition coefficient (Wildman–Crippen LogP) is 2.00. The van der Waals surface area contributed by atoms with Gasteiger partial charge in [0, 0.05) is 0 Å². The van der Waals surface area contributed by atoms with Crippen molar-refractivity contribution in [2.24, 2.45) is 0 Å². The van der Waals surface area contributed by atoms with Crippen LogP contribution in [0.15, 0.2) is 16.5 Å². The average molecular weight is 276 g/mol. The minimum absolute atomic E-state index is 0.00510. The Kier molecular flexibility index (Phi) is 3.38. The zero-order valence-electron chi connectivity index (χ0n) is 9.27. The first kappa shape index (κ1) is 13.3. The van der Waals surface area contributed by atoms with E-state index in [4.69, 9.17) is 9.52 Å². The van der Waals surface area contributed by atoms with E-state index >= 15 is 0 Å². The fourth-order valence-electron chi connectivity index (χ4n) is 1.30. The lowest BCUT2D eigenvalue weighted by atomic mass is 10.3. The van der Waals surface area contributed by atoms with Crippen molar-refractivity contribution in [2.45, 2.75) is 12.8 Å². The highest BCUT2D eigenvalue weighted by atomic mass is 19.4. The zero-order valence-corrected chi connectivity index (χ0v) is 9.27. The third kappa shape index (κ3) is 3.41. The molecule has 0 aliphatic carbocycles. The maximum atomic E-state index is 11.9. The van der Waals surface area contributed by atoms with Crippen molar-refractivity contribution in [1.82, 2.24) is 9.97 Å². The Morgan fingerprint density at radius 1 is 1.37 bits per heavy atom. The summed E-state index contributed by atoms with van der Waals surface area (Å²) >= 11 is 0. The molecule has 0 atom stereocenters. The molecule has 0 aliphatic rings. The number of rotatable bonds is 4. The summed E-state index contributed by atoms with van der Waals surface area (Å²) in [4.78, 5) is 18.1. The number of carboxylic acid groups (broad SMARTS) is 1. The molecule has 2 aromatic rings. The van der Waals surface area contributed by atoms with Crippen LogP contribution in [-0.2, 0) is 11.3 Å². The van der Waals surface area contributed by atoms with Gasteiger partial charge in [-0.2, -0.15) is 18.2 Å². The summed E-state index contributed by atoms with van der Waals surface area (Å²) in [5, 5.41) is 8.71. The van der Waals surface area contributed by atoms with E-state index < -0.39 is 25.4 Å². The van der Waals surface area contributed by atoms with Crippen LogP contribution in [0.3, 0.4) is 0 Å². The maximum Gasteiger partial charge on any atom is 0.411 e. The van der Waals surface area contributed by atoms with Crippen molar-refractivity contribution in [2.75, 3.05) is 6.61 Å². The number of aromatic nitrogens is 2. The number of aromatic carboxylic acids is 1. The van der Waals surface area contributed by atoms with Gasteiger partial charge in [-0.1, -0.05) is 0 Å². The molecule has 0 bridgehead atoms. The summed E-state index contributed by atoms with van der Waals surface area (Å²) in [6.45, 7) is -1.89. The van der Waals surface area contributed by atoms with E-state index in [1.54, 1.807) is 0 Å². The van der Waals surface area contributed by atoms with E-state index in [1.165, 1.54) is 12.1 Å². The van der Waals surface area contributed by atoms with Gasteiger partial charge in [-0.3, -0.25) is 0 Å². The summed E-state index contributed by atoms with van der Waals surface area (Å²) < 4.78 is 45.0. The summed E-state index contributed by atoms with van der Waals surface area (Å²) in [5.41, 5.74) is -0.0512. The van der Waals surface area contributed by atoms with Crippen LogP contribution in [0.2, 0.25) is 0 Å². The second-order valence-electron chi connectivity index (χ2n) is 3.54. The number of hydrogen-bond acceptors (Lipinski definition) is 5. The number of fused-ring (bicyclic) bond motifs is 1. The number of halogens is 3. The first-order chi connectivity index (χ1) is 8.85. The third-order valence-electron chi connectivity index (χ3n) is 2.01. The summed E-state index contributed by atoms with van der Waals surface area (Å²) in [6, 6.07) is 2.53. The number of alkyl halides is 3. The molecule has 9 heteroatoms. The third-order valence-corrected chi connectivity index (χ3v) is 2.01. The molecule has 0 spiro atoms. The van der Waals surface area contributed by atoms with Gasteiger partial charge in [0.25, 0.3) is 0 Å². The lowest BCUT2D eigenvalue weighted by Gasteiger charge is -2.04. The van der Waals surface area contributed by atoms with E-state index in [-0.39, 0.29) is 22.8 Å². The Labute approximate surface area is 103 Å². The molecule has 0 saturated heterocycles. The van der Waals surface area contributed by atoms with Crippen molar-refractivity contribution < 1.29 is 32.2 Å². The number of pyridine rings is 1. The number of ether oxygens (including phenoxy) is 1. The summed E-state index contributed by atoms with van der Waals surface area (Å²) in [5.74, 6) is -1.34. The Hall–Kier alpha value is -2.16. The van der Waals surface area contributed by atoms with Gasteiger partial charge in [-0.15, -0.1) is 0 Å². The van der Waals surface area contributed by atoms with Crippen molar-refractivity contribution >= 4 is 17.2 Å². The molecule has 6 nitrogen and oxygen atoms in total. The van der Waals surface area contributed by atoms with Gasteiger partial charge in [0.15, 0.2) is 16.9 Å². The summed E-state index contributed by atoms with van der Waals surface area (Å²) in [7, 11) is 0. The van der Waals surface area contributed by atoms with Crippen LogP contribution in [0.4, 0.5) is 13.2 Å². The molecule has 2 heterocycles. The standard InChI is InChI=1S/C10H7F3N2O4/c11-10(12,13)4-18-3-7-15-8-6(19-7)2-1-5(14-8)9(16)17/h1-2H,3-4H2,(H,16,17). The molecule has 0 aromatic carbocycles. The van der Waals surface area contributed by atoms with E-state index in [9.17, 15) is 18.0 Å². The number of nitrogens with zero attached hydrogens (tertiary/aromatic N) is 2. The molecule has 19 heavy (non-hydrogen) atoms. The Morgan fingerprint density at radius 2 is 2.11 bits per heavy atom. The molecule has 102 valence electrons. The normalized spacial score (nSPS) is 11.9. The minimum Gasteiger partial charge on any atom is -0.477 e. The SMILES string of the molecule is O=C(O)c1ccc2oc(COCC(F)(F)F)nc2n1. The Balaban J connectivity index is 2.11. The van der Waals surface area contributed by atoms with Crippen LogP contribution in [0.25, 0.3) is 11.2 Å². The van der Waals surface area contributed by atoms with E-state index in [0.717, 1.165) is 0 Å². The summed E-state index contributed by atoms with van der Waals surface area (Å²) in [6.07, 6.45) is -4.43. The monoisotopic (exact) mass is 276 g/mol. The van der Waals surface area contributed by atoms with E-state index in [2.05, 4.69) is 14.7 Å². The second-order valence-corrected chi connectivity index (χ2v) is 3.54. The highest BCUT2D eigenvalue weighted by Gasteiger charge is 2.27. The Morgan fingerprint density at radius 3 is 2.74 bits per heavy atom. The molecule has 0 amide bonds. The van der Waals surface area contributed by atoms with Crippen LogP contribution in [-0.4, -0.2) is 33.8 Å². The van der Waals surface area contributed by atoms with Crippen LogP contribution in [0.1, 0.15) is 16.4 Å². The number of carboxylic acids is 1. The molecule has 1 N–H and O–H groups in total. The molecule has 2 aromatic heterocycles. The van der Waals surface area contributed by atoms with Gasteiger partial charge in [0.1, 0.15) is 13.2 Å². The van der Waals surface area contributed by atoms with Crippen LogP contribution >= 0.6 is 0 Å². The zero-order chi connectivity index (χ0) is 14.0. The maximum absolute atomic E-state index is 11.9. The first-order valence-corrected chi connectivity index (χ1v) is 4.99. The molecular formula is C10H7F3N2O4. The Bertz CT molecular complexity index is 608. The molecule has 0 aliphatic heterocycles. The lowest BCUT2D eigenvalue weighted by Crippen LogP contribution is -2.16. The first-order valence-electron chi connectivity index (χ1n) is 4.99. The highest BCUT2D eigenvalue weighted by molar-refractivity contribution is 5.87. The highest BCUT2D eigenvalue weighted by Crippen LogP contribution is 2.18. The minimum atomic E-state index is -4.43. The van der Waals surface area contributed by atoms with Gasteiger partial charge in [0.05, 0.1) is 0 Å². The molecule has 0 saturated carbocycles. The molecule has 0 radical (unpaired) electrons. The second kappa shape index (κ2) is 4.84. The molecule has 0 fully saturated rings. The van der Waals surface area contributed by atoms with Gasteiger partial charge in [0.2, 0.25) is 5.89 Å². The molecule has 0 unspecified atom stereocenters. The van der Waals surface area contributed by atoms with Gasteiger partial charge >= 0.3 is 12.1 Å². The fourth-order valence-corrected chi connectivity index (χ4v) is 1.30. The van der Waals surface area contributed by atoms with Gasteiger partial charge in [-0.05, 0) is 12.1 Å². The largest absolute Gasteiger partial charge is 0.477 e. The molecular weight excluding hydrogens is 269 g/mol. The van der Waals surface area contributed by atoms with E-state index in [1.807, 2.05) is 0 Å². The van der Waals surface area contributed by atoms with Crippen LogP contribution in [0, 0.1) is 0 Å². The predicted molar refractivity (Wildman–Crippen MR) is 54.5 cm³/mol. The topological polar surface area (TPSA) is 85.5 Å². The van der Waals surface area contributed by atoms with Crippen LogP contribution < -0.4 is 0 Å². The van der Waals surface area contributed by atoms with E-state index in [0.29, 0.717) is 0 Å². The lowest BCUT2D eigenvalue weighted by molar-refractivity contribution is -0.177. The van der Waals surface area contributed by atoms with Gasteiger partial charge in [-0.25, -0.2) is 9.78 Å². The van der Waals surface area contributed by atoms with Crippen molar-refractivity contribution in [1.29, 1.82) is 0 Å². The van der Waals surface area contributed by atoms with Crippen LogP contribution in [0.5, 0.6) is 0 Å². The van der Waals surface area contributed by atoms with Crippen molar-refractivity contribution in [3.8, 4) is 0 Å². The van der Waals surface area contributed by atoms with Crippen molar-refractivity contribution in [3.63, 3.8) is 0 Å². The number of oxazole rings is 1. The average Bonchev–Trinajstić information content (AvgIpc) is 2.68. The van der Waals surface area contributed by atoms with Crippen molar-refractivity contribution in [3.05, 3.63) is 23.7 Å². The smallest absolute Gasteiger partial charge is 0.411 e.